The lowest BCUT2D eigenvalue weighted by molar-refractivity contribution is 0.926. The number of aromatic amines is 2. The van der Waals surface area contributed by atoms with Crippen molar-refractivity contribution in [2.75, 3.05) is 5.32 Å². The van der Waals surface area contributed by atoms with Crippen LogP contribution in [0.5, 0.6) is 0 Å². The van der Waals surface area contributed by atoms with Gasteiger partial charge in [-0.3, -0.25) is 0 Å². The highest BCUT2D eigenvalue weighted by atomic mass is 32.1. The summed E-state index contributed by atoms with van der Waals surface area (Å²) in [6.07, 6.45) is 8.51. The van der Waals surface area contributed by atoms with Crippen LogP contribution in [0.2, 0.25) is 0 Å². The molecule has 0 atom stereocenters. The average molecular weight is 779 g/mol. The van der Waals surface area contributed by atoms with Crippen molar-refractivity contribution in [3.05, 3.63) is 198 Å². The largest absolute Gasteiger partial charge is 0.358 e. The van der Waals surface area contributed by atoms with Gasteiger partial charge >= 0.3 is 0 Å². The number of benzene rings is 5. The van der Waals surface area contributed by atoms with E-state index in [1.807, 2.05) is 36.4 Å². The summed E-state index contributed by atoms with van der Waals surface area (Å²) < 4.78 is 0. The molecule has 7 heteroatoms. The molecule has 5 aromatic carbocycles. The number of hydrogen-bond acceptors (Lipinski definition) is 3. The summed E-state index contributed by atoms with van der Waals surface area (Å²) >= 11 is 5.66. The molecule has 6 nitrogen and oxygen atoms in total. The Morgan fingerprint density at radius 2 is 0.746 bits per heavy atom. The summed E-state index contributed by atoms with van der Waals surface area (Å²) in [5.74, 6) is 0. The van der Waals surface area contributed by atoms with E-state index < -0.39 is 0 Å². The molecule has 0 saturated heterocycles. The molecular weight excluding hydrogens is 741 g/mol. The molecule has 0 spiro atoms. The first kappa shape index (κ1) is 35.8. The van der Waals surface area contributed by atoms with Gasteiger partial charge in [0, 0.05) is 56.6 Å². The fourth-order valence-corrected chi connectivity index (χ4v) is 8.10. The molecular formula is C52H38N6S. The average Bonchev–Trinajstić information content (AvgIpc) is 4.13. The van der Waals surface area contributed by atoms with Crippen LogP contribution < -0.4 is 10.6 Å². The first-order chi connectivity index (χ1) is 29.1. The standard InChI is InChI=1S/C52H38N6S/c59-52(53-33-34-13-5-1-6-14-34)54-39-23-21-38(22-24-39)51-46-31-29-44(57-46)49(36-17-9-3-10-18-36)42-27-25-40(55-42)48(35-15-7-2-8-16-35)41-26-28-43(56-41)50(37-19-11-4-12-20-37)45-30-32-47(51)58-45/h1-32,55,58H,33H2,(H2,53,54,59). The van der Waals surface area contributed by atoms with E-state index in [9.17, 15) is 0 Å². The lowest BCUT2D eigenvalue weighted by atomic mass is 10.0. The number of rotatable bonds is 7. The van der Waals surface area contributed by atoms with Crippen molar-refractivity contribution in [1.29, 1.82) is 0 Å². The fourth-order valence-electron chi connectivity index (χ4n) is 7.91. The van der Waals surface area contributed by atoms with Crippen molar-refractivity contribution in [2.45, 2.75) is 6.54 Å². The second-order valence-electron chi connectivity index (χ2n) is 14.5. The molecule has 0 aliphatic carbocycles. The number of H-pyrrole nitrogens is 2. The zero-order chi connectivity index (χ0) is 39.5. The summed E-state index contributed by atoms with van der Waals surface area (Å²) in [6, 6.07) is 58.7. The van der Waals surface area contributed by atoms with E-state index >= 15 is 0 Å². The zero-order valence-electron chi connectivity index (χ0n) is 32.0. The van der Waals surface area contributed by atoms with E-state index in [4.69, 9.17) is 22.2 Å². The van der Waals surface area contributed by atoms with Crippen LogP contribution in [0, 0.1) is 0 Å². The van der Waals surface area contributed by atoms with Gasteiger partial charge in [-0.15, -0.1) is 0 Å². The van der Waals surface area contributed by atoms with Gasteiger partial charge in [0.15, 0.2) is 5.11 Å². The third kappa shape index (κ3) is 7.27. The number of nitrogens with one attached hydrogen (secondary N) is 4. The van der Waals surface area contributed by atoms with Crippen LogP contribution >= 0.6 is 12.2 Å². The topological polar surface area (TPSA) is 81.4 Å². The summed E-state index contributed by atoms with van der Waals surface area (Å²) in [6.45, 7) is 0.643. The van der Waals surface area contributed by atoms with Crippen molar-refractivity contribution in [1.82, 2.24) is 25.3 Å². The minimum absolute atomic E-state index is 0.563. The number of fused-ring (bicyclic) bond motifs is 8. The number of nitrogens with zero attached hydrogens (tertiary/aromatic N) is 2. The molecule has 0 amide bonds. The normalized spacial score (nSPS) is 11.7. The van der Waals surface area contributed by atoms with Gasteiger partial charge in [0.05, 0.1) is 22.8 Å². The SMILES string of the molecule is S=C(NCc1ccccc1)Nc1ccc(-c2c3nc(c(-c4ccccc4)c4ccc([nH]4)c(-c4ccccc4)c4nc(c(-c5ccccc5)c5ccc2[nH]5)C=C4)C=C3)cc1. The monoisotopic (exact) mass is 778 g/mol. The lowest BCUT2D eigenvalue weighted by Gasteiger charge is -2.11. The molecule has 10 rings (SSSR count). The van der Waals surface area contributed by atoms with Crippen LogP contribution in [0.25, 0.3) is 90.9 Å². The first-order valence-electron chi connectivity index (χ1n) is 19.7. The number of aromatic nitrogens is 4. The van der Waals surface area contributed by atoms with Gasteiger partial charge in [-0.25, -0.2) is 9.97 Å². The predicted molar refractivity (Wildman–Crippen MR) is 250 cm³/mol. The van der Waals surface area contributed by atoms with Gasteiger partial charge in [-0.1, -0.05) is 133 Å². The Kier molecular flexibility index (Phi) is 9.54. The van der Waals surface area contributed by atoms with Crippen molar-refractivity contribution in [3.8, 4) is 44.5 Å². The molecule has 0 unspecified atom stereocenters. The molecule has 59 heavy (non-hydrogen) atoms. The van der Waals surface area contributed by atoms with E-state index in [0.29, 0.717) is 11.7 Å². The van der Waals surface area contributed by atoms with Gasteiger partial charge in [0.25, 0.3) is 0 Å². The number of thiocarbonyl (C=S) groups is 1. The minimum Gasteiger partial charge on any atom is -0.358 e. The summed E-state index contributed by atoms with van der Waals surface area (Å²) in [5, 5.41) is 7.24. The maximum atomic E-state index is 5.66. The summed E-state index contributed by atoms with van der Waals surface area (Å²) in [5.41, 5.74) is 17.7. The molecule has 4 N–H and O–H groups in total. The Morgan fingerprint density at radius 1 is 0.407 bits per heavy atom. The number of hydrogen-bond donors (Lipinski definition) is 4. The Balaban J connectivity index is 1.21. The molecule has 8 aromatic rings. The van der Waals surface area contributed by atoms with Crippen LogP contribution in [0.3, 0.4) is 0 Å². The molecule has 3 aromatic heterocycles. The van der Waals surface area contributed by atoms with Crippen LogP contribution in [-0.4, -0.2) is 25.0 Å². The van der Waals surface area contributed by atoms with Crippen molar-refractivity contribution in [3.63, 3.8) is 0 Å². The van der Waals surface area contributed by atoms with E-state index in [2.05, 4.69) is 178 Å². The Hall–Kier alpha value is -7.61. The quantitative estimate of drug-likeness (QED) is 0.121. The molecule has 2 aliphatic rings. The van der Waals surface area contributed by atoms with E-state index in [0.717, 1.165) is 101 Å². The highest BCUT2D eigenvalue weighted by Gasteiger charge is 2.19. The van der Waals surface area contributed by atoms with E-state index in [1.54, 1.807) is 0 Å². The molecule has 0 saturated carbocycles. The van der Waals surface area contributed by atoms with Gasteiger partial charge in [-0.2, -0.15) is 0 Å². The molecule has 2 aliphatic heterocycles. The van der Waals surface area contributed by atoms with Crippen LogP contribution in [0.15, 0.2) is 170 Å². The lowest BCUT2D eigenvalue weighted by Crippen LogP contribution is -2.27. The van der Waals surface area contributed by atoms with Crippen molar-refractivity contribution >= 4 is 69.4 Å². The van der Waals surface area contributed by atoms with E-state index in [1.165, 1.54) is 0 Å². The molecule has 8 bridgehead atoms. The van der Waals surface area contributed by atoms with E-state index in [-0.39, 0.29) is 0 Å². The highest BCUT2D eigenvalue weighted by molar-refractivity contribution is 7.80. The van der Waals surface area contributed by atoms with Gasteiger partial charge in [-0.05, 0) is 101 Å². The second kappa shape index (κ2) is 15.7. The minimum atomic E-state index is 0.563. The highest BCUT2D eigenvalue weighted by Crippen LogP contribution is 2.38. The van der Waals surface area contributed by atoms with Crippen molar-refractivity contribution < 1.29 is 0 Å². The Labute approximate surface area is 347 Å². The molecule has 282 valence electrons. The predicted octanol–water partition coefficient (Wildman–Crippen LogP) is 12.8. The van der Waals surface area contributed by atoms with Crippen molar-refractivity contribution in [2.24, 2.45) is 0 Å². The maximum Gasteiger partial charge on any atom is 0.171 e. The fraction of sp³-hybridized carbons (Fsp3) is 0.0192. The van der Waals surface area contributed by atoms with Crippen LogP contribution in [0.1, 0.15) is 28.3 Å². The summed E-state index contributed by atoms with van der Waals surface area (Å²) in [7, 11) is 0. The van der Waals surface area contributed by atoms with Crippen LogP contribution in [0.4, 0.5) is 5.69 Å². The van der Waals surface area contributed by atoms with Gasteiger partial charge in [0.1, 0.15) is 0 Å². The third-order valence-corrected chi connectivity index (χ3v) is 10.9. The van der Waals surface area contributed by atoms with Gasteiger partial charge < -0.3 is 20.6 Å². The molecule has 5 heterocycles. The second-order valence-corrected chi connectivity index (χ2v) is 14.9. The molecule has 0 radical (unpaired) electrons. The first-order valence-corrected chi connectivity index (χ1v) is 20.1. The van der Waals surface area contributed by atoms with Crippen LogP contribution in [-0.2, 0) is 6.54 Å². The maximum absolute atomic E-state index is 5.66. The Morgan fingerprint density at radius 3 is 1.12 bits per heavy atom. The summed E-state index contributed by atoms with van der Waals surface area (Å²) in [4.78, 5) is 18.5. The Bertz CT molecular complexity index is 3020. The smallest absolute Gasteiger partial charge is 0.171 e. The zero-order valence-corrected chi connectivity index (χ0v) is 32.8. The van der Waals surface area contributed by atoms with Gasteiger partial charge in [0.2, 0.25) is 0 Å². The third-order valence-electron chi connectivity index (χ3n) is 10.7. The molecule has 0 fully saturated rings. The number of anilines is 1.